The number of anilines is 1. The summed E-state index contributed by atoms with van der Waals surface area (Å²) in [6.45, 7) is 1.90. The van der Waals surface area contributed by atoms with Crippen molar-refractivity contribution in [2.75, 3.05) is 4.72 Å². The molecule has 2 aromatic carbocycles. The summed E-state index contributed by atoms with van der Waals surface area (Å²) < 4.78 is 27.2. The summed E-state index contributed by atoms with van der Waals surface area (Å²) in [4.78, 5) is 4.49. The predicted octanol–water partition coefficient (Wildman–Crippen LogP) is 4.00. The molecule has 1 aromatic heterocycles. The molecule has 0 radical (unpaired) electrons. The molecule has 0 bridgehead atoms. The molecule has 0 aliphatic heterocycles. The molecule has 4 nitrogen and oxygen atoms in total. The highest BCUT2D eigenvalue weighted by molar-refractivity contribution is 7.92. The Kier molecular flexibility index (Phi) is 3.76. The summed E-state index contributed by atoms with van der Waals surface area (Å²) in [7, 11) is -3.65. The molecule has 3 aromatic rings. The summed E-state index contributed by atoms with van der Waals surface area (Å²) in [5.74, 6) is 0.260. The smallest absolute Gasteiger partial charge is 0.263 e. The minimum absolute atomic E-state index is 0.200. The molecule has 1 N–H and O–H groups in total. The van der Waals surface area contributed by atoms with Gasteiger partial charge in [0.15, 0.2) is 0 Å². The van der Waals surface area contributed by atoms with Crippen molar-refractivity contribution in [2.24, 2.45) is 0 Å². The molecule has 0 amide bonds. The molecular formula is C16H13ClN2O2S. The van der Waals surface area contributed by atoms with Crippen LogP contribution in [-0.2, 0) is 10.0 Å². The van der Waals surface area contributed by atoms with E-state index in [1.807, 2.05) is 6.92 Å². The SMILES string of the molecule is Cc1ccc(S(=O)(=O)Nc2ccc3c(Cl)cccc3n2)cc1. The first kappa shape index (κ1) is 14.8. The number of benzene rings is 2. The molecule has 0 fully saturated rings. The van der Waals surface area contributed by atoms with Crippen LogP contribution in [0.3, 0.4) is 0 Å². The van der Waals surface area contributed by atoms with E-state index in [0.717, 1.165) is 10.9 Å². The third-order valence-electron chi connectivity index (χ3n) is 3.25. The topological polar surface area (TPSA) is 59.1 Å². The zero-order valence-electron chi connectivity index (χ0n) is 11.7. The number of rotatable bonds is 3. The van der Waals surface area contributed by atoms with Crippen LogP contribution >= 0.6 is 11.6 Å². The van der Waals surface area contributed by atoms with Gasteiger partial charge in [0.1, 0.15) is 5.82 Å². The molecule has 6 heteroatoms. The molecule has 0 saturated carbocycles. The molecule has 0 saturated heterocycles. The van der Waals surface area contributed by atoms with Gasteiger partial charge in [-0.3, -0.25) is 4.72 Å². The van der Waals surface area contributed by atoms with Crippen molar-refractivity contribution < 1.29 is 8.42 Å². The molecule has 0 aliphatic rings. The lowest BCUT2D eigenvalue weighted by molar-refractivity contribution is 0.601. The number of hydrogen-bond acceptors (Lipinski definition) is 3. The van der Waals surface area contributed by atoms with Gasteiger partial charge in [-0.15, -0.1) is 0 Å². The maximum Gasteiger partial charge on any atom is 0.263 e. The second-order valence-corrected chi connectivity index (χ2v) is 7.01. The monoisotopic (exact) mass is 332 g/mol. The lowest BCUT2D eigenvalue weighted by Gasteiger charge is -2.09. The van der Waals surface area contributed by atoms with Crippen LogP contribution in [0.25, 0.3) is 10.9 Å². The number of halogens is 1. The fraction of sp³-hybridized carbons (Fsp3) is 0.0625. The Bertz CT molecular complexity index is 938. The van der Waals surface area contributed by atoms with Gasteiger partial charge in [0.2, 0.25) is 0 Å². The predicted molar refractivity (Wildman–Crippen MR) is 88.7 cm³/mol. The van der Waals surface area contributed by atoms with Crippen LogP contribution in [0.15, 0.2) is 59.5 Å². The number of pyridine rings is 1. The zero-order valence-corrected chi connectivity index (χ0v) is 13.3. The molecule has 0 unspecified atom stereocenters. The first-order valence-electron chi connectivity index (χ1n) is 6.60. The van der Waals surface area contributed by atoms with E-state index in [-0.39, 0.29) is 10.7 Å². The lowest BCUT2D eigenvalue weighted by atomic mass is 10.2. The van der Waals surface area contributed by atoms with Crippen LogP contribution in [0.4, 0.5) is 5.82 Å². The minimum atomic E-state index is -3.65. The van der Waals surface area contributed by atoms with Gasteiger partial charge in [0, 0.05) is 10.4 Å². The van der Waals surface area contributed by atoms with Crippen LogP contribution in [0.2, 0.25) is 5.02 Å². The van der Waals surface area contributed by atoms with E-state index < -0.39 is 10.0 Å². The van der Waals surface area contributed by atoms with Crippen molar-refractivity contribution >= 4 is 38.3 Å². The van der Waals surface area contributed by atoms with Gasteiger partial charge in [-0.1, -0.05) is 35.4 Å². The fourth-order valence-electron chi connectivity index (χ4n) is 2.09. The third kappa shape index (κ3) is 2.91. The maximum atomic E-state index is 12.3. The number of nitrogens with zero attached hydrogens (tertiary/aromatic N) is 1. The number of sulfonamides is 1. The molecule has 0 spiro atoms. The van der Waals surface area contributed by atoms with E-state index >= 15 is 0 Å². The highest BCUT2D eigenvalue weighted by Crippen LogP contribution is 2.24. The van der Waals surface area contributed by atoms with Gasteiger partial charge in [-0.2, -0.15) is 0 Å². The van der Waals surface area contributed by atoms with Crippen LogP contribution in [0.5, 0.6) is 0 Å². The van der Waals surface area contributed by atoms with E-state index in [9.17, 15) is 8.42 Å². The number of fused-ring (bicyclic) bond motifs is 1. The Morgan fingerprint density at radius 2 is 1.73 bits per heavy atom. The first-order chi connectivity index (χ1) is 10.5. The Hall–Kier alpha value is -2.11. The van der Waals surface area contributed by atoms with Crippen molar-refractivity contribution in [2.45, 2.75) is 11.8 Å². The van der Waals surface area contributed by atoms with E-state index in [1.54, 1.807) is 54.6 Å². The summed E-state index contributed by atoms with van der Waals surface area (Å²) in [6.07, 6.45) is 0. The fourth-order valence-corrected chi connectivity index (χ4v) is 3.32. The van der Waals surface area contributed by atoms with E-state index in [4.69, 9.17) is 11.6 Å². The van der Waals surface area contributed by atoms with Crippen LogP contribution in [0, 0.1) is 6.92 Å². The number of aryl methyl sites for hydroxylation is 1. The largest absolute Gasteiger partial charge is 0.263 e. The van der Waals surface area contributed by atoms with E-state index in [1.165, 1.54) is 0 Å². The van der Waals surface area contributed by atoms with Crippen molar-refractivity contribution in [3.63, 3.8) is 0 Å². The average Bonchev–Trinajstić information content (AvgIpc) is 2.47. The second kappa shape index (κ2) is 5.59. The highest BCUT2D eigenvalue weighted by Gasteiger charge is 2.14. The van der Waals surface area contributed by atoms with Crippen LogP contribution < -0.4 is 4.72 Å². The maximum absolute atomic E-state index is 12.3. The summed E-state index contributed by atoms with van der Waals surface area (Å²) in [5.41, 5.74) is 1.63. The summed E-state index contributed by atoms with van der Waals surface area (Å²) in [5, 5.41) is 1.36. The molecule has 112 valence electrons. The van der Waals surface area contributed by atoms with Crippen LogP contribution in [-0.4, -0.2) is 13.4 Å². The van der Waals surface area contributed by atoms with Gasteiger partial charge < -0.3 is 0 Å². The average molecular weight is 333 g/mol. The van der Waals surface area contributed by atoms with Gasteiger partial charge in [0.25, 0.3) is 10.0 Å². The molecule has 3 rings (SSSR count). The van der Waals surface area contributed by atoms with E-state index in [2.05, 4.69) is 9.71 Å². The molecule has 0 aliphatic carbocycles. The van der Waals surface area contributed by atoms with Gasteiger partial charge in [0.05, 0.1) is 10.4 Å². The zero-order chi connectivity index (χ0) is 15.7. The van der Waals surface area contributed by atoms with Crippen molar-refractivity contribution in [3.8, 4) is 0 Å². The van der Waals surface area contributed by atoms with E-state index in [0.29, 0.717) is 10.5 Å². The minimum Gasteiger partial charge on any atom is -0.263 e. The number of aromatic nitrogens is 1. The third-order valence-corrected chi connectivity index (χ3v) is 4.95. The summed E-state index contributed by atoms with van der Waals surface area (Å²) >= 11 is 6.07. The van der Waals surface area contributed by atoms with Gasteiger partial charge in [-0.05, 0) is 43.3 Å². The lowest BCUT2D eigenvalue weighted by Crippen LogP contribution is -2.13. The Labute approximate surface area is 133 Å². The van der Waals surface area contributed by atoms with Gasteiger partial charge in [-0.25, -0.2) is 13.4 Å². The molecule has 1 heterocycles. The first-order valence-corrected chi connectivity index (χ1v) is 8.46. The second-order valence-electron chi connectivity index (χ2n) is 4.92. The molecular weight excluding hydrogens is 320 g/mol. The van der Waals surface area contributed by atoms with Crippen molar-refractivity contribution in [3.05, 3.63) is 65.2 Å². The Balaban J connectivity index is 1.97. The number of nitrogens with one attached hydrogen (secondary N) is 1. The highest BCUT2D eigenvalue weighted by atomic mass is 35.5. The van der Waals surface area contributed by atoms with Crippen LogP contribution in [0.1, 0.15) is 5.56 Å². The molecule has 0 atom stereocenters. The normalized spacial score (nSPS) is 11.5. The molecule has 22 heavy (non-hydrogen) atoms. The Morgan fingerprint density at radius 1 is 1.00 bits per heavy atom. The standard InChI is InChI=1S/C16H13ClN2O2S/c1-11-5-7-12(8-6-11)22(20,21)19-16-10-9-13-14(17)3-2-4-15(13)18-16/h2-10H,1H3,(H,18,19). The van der Waals surface area contributed by atoms with Crippen molar-refractivity contribution in [1.29, 1.82) is 0 Å². The number of hydrogen-bond donors (Lipinski definition) is 1. The van der Waals surface area contributed by atoms with Crippen molar-refractivity contribution in [1.82, 2.24) is 4.98 Å². The van der Waals surface area contributed by atoms with Gasteiger partial charge >= 0.3 is 0 Å². The Morgan fingerprint density at radius 3 is 2.45 bits per heavy atom. The quantitative estimate of drug-likeness (QED) is 0.788. The summed E-state index contributed by atoms with van der Waals surface area (Å²) in [6, 6.07) is 15.3.